The topological polar surface area (TPSA) is 178 Å². The maximum Gasteiger partial charge on any atom is 0.397 e. The first kappa shape index (κ1) is 41.9. The van der Waals surface area contributed by atoms with Crippen LogP contribution in [0.2, 0.25) is 0 Å². The van der Waals surface area contributed by atoms with Gasteiger partial charge in [0.2, 0.25) is 0 Å². The van der Waals surface area contributed by atoms with Gasteiger partial charge in [-0.3, -0.25) is 9.35 Å². The van der Waals surface area contributed by atoms with Gasteiger partial charge in [-0.15, -0.1) is 0 Å². The molecule has 266 valence electrons. The third-order valence-electron chi connectivity index (χ3n) is 7.64. The van der Waals surface area contributed by atoms with E-state index in [1.165, 1.54) is 38.5 Å². The molecule has 0 aromatic rings. The molecule has 1 aliphatic rings. The molecule has 1 fully saturated rings. The van der Waals surface area contributed by atoms with E-state index in [2.05, 4.69) is 30.2 Å². The first-order valence-corrected chi connectivity index (χ1v) is 18.3. The smallest absolute Gasteiger partial charge is 0.397 e. The number of carbonyl (C=O) groups excluding carboxylic acids is 1. The Hall–Kier alpha value is -1.16. The fraction of sp³-hybridized carbons (Fsp3) is 0.906. The van der Waals surface area contributed by atoms with Crippen molar-refractivity contribution in [3.63, 3.8) is 0 Å². The van der Waals surface area contributed by atoms with Gasteiger partial charge in [0.05, 0.1) is 19.8 Å². The quantitative estimate of drug-likeness (QED) is 0.0389. The molecule has 1 rings (SSSR count). The monoisotopic (exact) mass is 668 g/mol. The number of hydrogen-bond donors (Lipinski definition) is 4. The van der Waals surface area contributed by atoms with E-state index in [1.807, 2.05) is 0 Å². The van der Waals surface area contributed by atoms with Gasteiger partial charge < -0.3 is 34.3 Å². The van der Waals surface area contributed by atoms with Crippen molar-refractivity contribution < 1.29 is 56.2 Å². The predicted molar refractivity (Wildman–Crippen MR) is 170 cm³/mol. The number of aliphatic hydroxyl groups is 3. The van der Waals surface area contributed by atoms with Crippen molar-refractivity contribution in [2.24, 2.45) is 0 Å². The largest absolute Gasteiger partial charge is 0.457 e. The summed E-state index contributed by atoms with van der Waals surface area (Å²) in [5.41, 5.74) is 0. The fourth-order valence-corrected chi connectivity index (χ4v) is 5.51. The molecule has 4 N–H and O–H groups in total. The second kappa shape index (κ2) is 25.9. The van der Waals surface area contributed by atoms with Gasteiger partial charge in [0.15, 0.2) is 6.29 Å². The summed E-state index contributed by atoms with van der Waals surface area (Å²) in [4.78, 5) is 12.6. The molecule has 1 aliphatic heterocycles. The molecule has 0 aromatic heterocycles. The van der Waals surface area contributed by atoms with Gasteiger partial charge in [-0.25, -0.2) is 4.18 Å². The van der Waals surface area contributed by atoms with Crippen LogP contribution in [0.3, 0.4) is 0 Å². The highest BCUT2D eigenvalue weighted by Crippen LogP contribution is 2.26. The highest BCUT2D eigenvalue weighted by molar-refractivity contribution is 7.80. The second-order valence-electron chi connectivity index (χ2n) is 11.8. The second-order valence-corrected chi connectivity index (χ2v) is 12.8. The normalized spacial score (nSPS) is 23.0. The van der Waals surface area contributed by atoms with E-state index in [1.54, 1.807) is 0 Å². The number of carbonyl (C=O) groups is 1. The Morgan fingerprint density at radius 2 is 1.42 bits per heavy atom. The summed E-state index contributed by atoms with van der Waals surface area (Å²) in [5, 5.41) is 30.3. The van der Waals surface area contributed by atoms with Crippen LogP contribution in [-0.2, 0) is 38.3 Å². The van der Waals surface area contributed by atoms with E-state index < -0.39 is 59.8 Å². The van der Waals surface area contributed by atoms with Crippen molar-refractivity contribution in [3.05, 3.63) is 12.2 Å². The van der Waals surface area contributed by atoms with Crippen molar-refractivity contribution in [1.82, 2.24) is 0 Å². The third-order valence-corrected chi connectivity index (χ3v) is 8.10. The molecule has 45 heavy (non-hydrogen) atoms. The van der Waals surface area contributed by atoms with Crippen molar-refractivity contribution in [2.45, 2.75) is 160 Å². The summed E-state index contributed by atoms with van der Waals surface area (Å²) >= 11 is 0. The molecule has 1 saturated heterocycles. The molecule has 0 amide bonds. The summed E-state index contributed by atoms with van der Waals surface area (Å²) in [6.07, 6.45) is 13.0. The molecule has 0 aromatic carbocycles. The van der Waals surface area contributed by atoms with E-state index in [-0.39, 0.29) is 19.6 Å². The van der Waals surface area contributed by atoms with Crippen LogP contribution in [-0.4, -0.2) is 97.5 Å². The van der Waals surface area contributed by atoms with Crippen LogP contribution < -0.4 is 0 Å². The first-order chi connectivity index (χ1) is 21.6. The lowest BCUT2D eigenvalue weighted by Gasteiger charge is -2.41. The van der Waals surface area contributed by atoms with Crippen LogP contribution in [0.5, 0.6) is 0 Å². The summed E-state index contributed by atoms with van der Waals surface area (Å²) in [7, 11) is -5.05. The zero-order valence-electron chi connectivity index (χ0n) is 27.4. The highest BCUT2D eigenvalue weighted by atomic mass is 32.3. The first-order valence-electron chi connectivity index (χ1n) is 16.9. The maximum atomic E-state index is 12.6. The van der Waals surface area contributed by atoms with Gasteiger partial charge in [0.1, 0.15) is 30.5 Å². The minimum Gasteiger partial charge on any atom is -0.457 e. The molecule has 6 atom stereocenters. The predicted octanol–water partition coefficient (Wildman–Crippen LogP) is 4.79. The number of rotatable bonds is 28. The SMILES string of the molecule is CCCC/C=C\CCCCCCCCOCC(COC1OC(CO)C(O)C(OS(=O)(=O)O)C1O)OC(=O)CCCCCCCC. The van der Waals surface area contributed by atoms with Gasteiger partial charge in [-0.2, -0.15) is 8.42 Å². The number of esters is 1. The number of allylic oxidation sites excluding steroid dienone is 2. The molecule has 1 heterocycles. The molecular formula is C32H60O12S. The van der Waals surface area contributed by atoms with Gasteiger partial charge in [0, 0.05) is 13.0 Å². The Morgan fingerprint density at radius 3 is 2.07 bits per heavy atom. The molecule has 6 unspecified atom stereocenters. The van der Waals surface area contributed by atoms with Crippen LogP contribution in [0, 0.1) is 0 Å². The lowest BCUT2D eigenvalue weighted by molar-refractivity contribution is -0.301. The lowest BCUT2D eigenvalue weighted by Crippen LogP contribution is -2.60. The number of unbranched alkanes of at least 4 members (excludes halogenated alkanes) is 13. The number of hydrogen-bond acceptors (Lipinski definition) is 11. The minimum absolute atomic E-state index is 0.0341. The van der Waals surface area contributed by atoms with Crippen LogP contribution in [0.15, 0.2) is 12.2 Å². The van der Waals surface area contributed by atoms with Gasteiger partial charge in [-0.05, 0) is 32.1 Å². The van der Waals surface area contributed by atoms with Crippen molar-refractivity contribution in [1.29, 1.82) is 0 Å². The third kappa shape index (κ3) is 20.6. The molecule has 0 spiro atoms. The number of ether oxygens (including phenoxy) is 4. The van der Waals surface area contributed by atoms with Gasteiger partial charge in [-0.1, -0.05) is 96.6 Å². The summed E-state index contributed by atoms with van der Waals surface area (Å²) in [5.74, 6) is -0.413. The van der Waals surface area contributed by atoms with Crippen LogP contribution in [0.1, 0.15) is 123 Å². The van der Waals surface area contributed by atoms with Gasteiger partial charge in [0.25, 0.3) is 0 Å². The van der Waals surface area contributed by atoms with Crippen LogP contribution >= 0.6 is 0 Å². The average molecular weight is 669 g/mol. The Bertz CT molecular complexity index is 868. The molecule has 13 heteroatoms. The lowest BCUT2D eigenvalue weighted by atomic mass is 9.99. The molecule has 12 nitrogen and oxygen atoms in total. The minimum atomic E-state index is -5.05. The molecule has 0 radical (unpaired) electrons. The Kier molecular flexibility index (Phi) is 24.1. The van der Waals surface area contributed by atoms with E-state index in [0.717, 1.165) is 57.8 Å². The van der Waals surface area contributed by atoms with Crippen molar-refractivity contribution in [3.8, 4) is 0 Å². The zero-order chi connectivity index (χ0) is 33.3. The fourth-order valence-electron chi connectivity index (χ4n) is 5.00. The van der Waals surface area contributed by atoms with E-state index in [4.69, 9.17) is 23.5 Å². The average Bonchev–Trinajstić information content (AvgIpc) is 3.00. The Morgan fingerprint density at radius 1 is 0.822 bits per heavy atom. The highest BCUT2D eigenvalue weighted by Gasteiger charge is 2.48. The van der Waals surface area contributed by atoms with Crippen LogP contribution in [0.4, 0.5) is 0 Å². The van der Waals surface area contributed by atoms with Crippen LogP contribution in [0.25, 0.3) is 0 Å². The summed E-state index contributed by atoms with van der Waals surface area (Å²) in [6, 6.07) is 0. The zero-order valence-corrected chi connectivity index (χ0v) is 28.2. The standard InChI is InChI=1S/C32H60O12S/c1-3-5-7-9-11-12-13-14-15-16-18-20-22-40-24-26(42-28(34)21-19-17-10-8-6-4-2)25-41-32-30(36)31(44-45(37,38)39)29(35)27(23-33)43-32/h9,11,26-27,29-33,35-36H,3-8,10,12-25H2,1-2H3,(H,37,38,39)/b11-9-. The molecular weight excluding hydrogens is 608 g/mol. The van der Waals surface area contributed by atoms with E-state index >= 15 is 0 Å². The summed E-state index contributed by atoms with van der Waals surface area (Å²) < 4.78 is 58.3. The Balaban J connectivity index is 2.54. The van der Waals surface area contributed by atoms with E-state index in [0.29, 0.717) is 13.0 Å². The maximum absolute atomic E-state index is 12.6. The molecule has 0 bridgehead atoms. The molecule has 0 saturated carbocycles. The molecule has 0 aliphatic carbocycles. The van der Waals surface area contributed by atoms with E-state index in [9.17, 15) is 28.5 Å². The number of aliphatic hydroxyl groups excluding tert-OH is 3. The summed E-state index contributed by atoms with van der Waals surface area (Å²) in [6.45, 7) is 3.83. The van der Waals surface area contributed by atoms with Gasteiger partial charge >= 0.3 is 16.4 Å². The van der Waals surface area contributed by atoms with Crippen molar-refractivity contribution >= 4 is 16.4 Å². The van der Waals surface area contributed by atoms with Crippen molar-refractivity contribution in [2.75, 3.05) is 26.4 Å². The Labute approximate surface area is 270 Å².